The summed E-state index contributed by atoms with van der Waals surface area (Å²) < 4.78 is 11.1. The Hall–Kier alpha value is -2.34. The molecule has 0 radical (unpaired) electrons. The van der Waals surface area contributed by atoms with Gasteiger partial charge in [0, 0.05) is 22.0 Å². The molecule has 1 atom stereocenters. The van der Waals surface area contributed by atoms with Crippen molar-refractivity contribution < 1.29 is 19.1 Å². The Kier molecular flexibility index (Phi) is 4.68. The van der Waals surface area contributed by atoms with Crippen LogP contribution in [0.5, 0.6) is 5.75 Å². The third-order valence-corrected chi connectivity index (χ3v) is 6.07. The molecule has 1 fully saturated rings. The number of esters is 1. The molecule has 0 bridgehead atoms. The van der Waals surface area contributed by atoms with Gasteiger partial charge in [-0.25, -0.2) is 4.79 Å². The number of para-hydroxylation sites is 1. The zero-order valence-electron chi connectivity index (χ0n) is 14.6. The van der Waals surface area contributed by atoms with Gasteiger partial charge in [0.1, 0.15) is 17.2 Å². The Balaban J connectivity index is 1.44. The van der Waals surface area contributed by atoms with Gasteiger partial charge in [0.05, 0.1) is 0 Å². The van der Waals surface area contributed by atoms with Crippen molar-refractivity contribution in [2.24, 2.45) is 0 Å². The number of rotatable bonds is 4. The summed E-state index contributed by atoms with van der Waals surface area (Å²) in [6.45, 7) is 2.06. The summed E-state index contributed by atoms with van der Waals surface area (Å²) in [7, 11) is 0. The molecule has 26 heavy (non-hydrogen) atoms. The molecule has 1 aromatic heterocycles. The van der Waals surface area contributed by atoms with Crippen molar-refractivity contribution >= 4 is 23.2 Å². The van der Waals surface area contributed by atoms with E-state index >= 15 is 0 Å². The van der Waals surface area contributed by atoms with Crippen LogP contribution in [0.3, 0.4) is 0 Å². The van der Waals surface area contributed by atoms with Crippen molar-refractivity contribution in [1.82, 2.24) is 5.32 Å². The molecule has 6 heteroatoms. The number of nitrogens with one attached hydrogen (secondary N) is 1. The predicted molar refractivity (Wildman–Crippen MR) is 99.4 cm³/mol. The minimum Gasteiger partial charge on any atom is -0.488 e. The smallest absolute Gasteiger partial charge is 0.349 e. The van der Waals surface area contributed by atoms with Crippen LogP contribution in [0.15, 0.2) is 30.3 Å². The van der Waals surface area contributed by atoms with Crippen LogP contribution in [0.1, 0.15) is 47.8 Å². The first-order valence-corrected chi connectivity index (χ1v) is 9.80. The van der Waals surface area contributed by atoms with Gasteiger partial charge in [-0.05, 0) is 38.0 Å². The van der Waals surface area contributed by atoms with E-state index in [-0.39, 0.29) is 11.9 Å². The number of carbonyl (C=O) groups excluding carboxylic acids is 2. The maximum atomic E-state index is 12.5. The molecule has 1 aliphatic carbocycles. The molecule has 1 aliphatic heterocycles. The number of benzene rings is 1. The van der Waals surface area contributed by atoms with Crippen LogP contribution >= 0.6 is 11.3 Å². The summed E-state index contributed by atoms with van der Waals surface area (Å²) in [6.07, 6.45) is 3.49. The van der Waals surface area contributed by atoms with Crippen molar-refractivity contribution in [3.63, 3.8) is 0 Å². The average molecular weight is 371 g/mol. The van der Waals surface area contributed by atoms with Crippen LogP contribution in [0.2, 0.25) is 0 Å². The van der Waals surface area contributed by atoms with E-state index in [1.54, 1.807) is 13.0 Å². The largest absolute Gasteiger partial charge is 0.488 e. The maximum absolute atomic E-state index is 12.5. The molecular formula is C20H21NO4S. The quantitative estimate of drug-likeness (QED) is 0.828. The number of hydrogen-bond acceptors (Lipinski definition) is 5. The Morgan fingerprint density at radius 1 is 1.27 bits per heavy atom. The molecule has 0 spiro atoms. The average Bonchev–Trinajstić information content (AvgIpc) is 3.31. The Morgan fingerprint density at radius 3 is 2.85 bits per heavy atom. The topological polar surface area (TPSA) is 64.6 Å². The van der Waals surface area contributed by atoms with Gasteiger partial charge < -0.3 is 14.8 Å². The number of hydrogen-bond donors (Lipinski definition) is 1. The van der Waals surface area contributed by atoms with Gasteiger partial charge in [-0.2, -0.15) is 0 Å². The van der Waals surface area contributed by atoms with Crippen molar-refractivity contribution in [1.29, 1.82) is 0 Å². The van der Waals surface area contributed by atoms with Gasteiger partial charge in [0.25, 0.3) is 5.91 Å². The van der Waals surface area contributed by atoms with Crippen LogP contribution < -0.4 is 10.1 Å². The first-order valence-electron chi connectivity index (χ1n) is 8.98. The number of amides is 1. The van der Waals surface area contributed by atoms with E-state index in [4.69, 9.17) is 9.47 Å². The second kappa shape index (κ2) is 7.11. The van der Waals surface area contributed by atoms with Crippen LogP contribution in [-0.4, -0.2) is 24.0 Å². The minimum absolute atomic E-state index is 0.214. The first-order chi connectivity index (χ1) is 12.6. The monoisotopic (exact) mass is 371 g/mol. The Morgan fingerprint density at radius 2 is 2.04 bits per heavy atom. The molecule has 0 unspecified atom stereocenters. The number of carbonyl (C=O) groups is 2. The van der Waals surface area contributed by atoms with E-state index in [0.717, 1.165) is 47.4 Å². The predicted octanol–water partition coefficient (Wildman–Crippen LogP) is 3.91. The Labute approximate surface area is 156 Å². The summed E-state index contributed by atoms with van der Waals surface area (Å²) in [5, 5.41) is 2.96. The van der Waals surface area contributed by atoms with Gasteiger partial charge in [0.15, 0.2) is 6.10 Å². The highest BCUT2D eigenvalue weighted by atomic mass is 32.1. The molecule has 1 amide bonds. The molecular weight excluding hydrogens is 350 g/mol. The van der Waals surface area contributed by atoms with Crippen LogP contribution in [0.4, 0.5) is 0 Å². The molecule has 1 N–H and O–H groups in total. The van der Waals surface area contributed by atoms with Crippen LogP contribution in [0.25, 0.3) is 10.4 Å². The standard InChI is InChI=1S/C20H21NO4S/c1-12(19(22)21-14-6-2-3-7-14)25-20(23)17-10-13-11-24-16-9-5-4-8-15(16)18(13)26-17/h4-5,8-10,12,14H,2-3,6-7,11H2,1H3,(H,21,22)/t12-/m0/s1. The highest BCUT2D eigenvalue weighted by molar-refractivity contribution is 7.17. The zero-order chi connectivity index (χ0) is 18.1. The summed E-state index contributed by atoms with van der Waals surface area (Å²) in [6, 6.07) is 9.80. The fourth-order valence-corrected chi connectivity index (χ4v) is 4.54. The maximum Gasteiger partial charge on any atom is 0.349 e. The molecule has 136 valence electrons. The van der Waals surface area contributed by atoms with E-state index in [2.05, 4.69) is 5.32 Å². The van der Waals surface area contributed by atoms with E-state index in [1.165, 1.54) is 11.3 Å². The van der Waals surface area contributed by atoms with Crippen molar-refractivity contribution in [2.75, 3.05) is 0 Å². The second-order valence-corrected chi connectivity index (χ2v) is 7.84. The normalized spacial score (nSPS) is 17.0. The molecule has 2 heterocycles. The minimum atomic E-state index is -0.800. The van der Waals surface area contributed by atoms with E-state index < -0.39 is 12.1 Å². The third-order valence-electron chi connectivity index (χ3n) is 4.88. The fraction of sp³-hybridized carbons (Fsp3) is 0.400. The third kappa shape index (κ3) is 3.33. The molecule has 2 aromatic rings. The van der Waals surface area contributed by atoms with Gasteiger partial charge in [0.2, 0.25) is 0 Å². The van der Waals surface area contributed by atoms with E-state index in [0.29, 0.717) is 11.5 Å². The van der Waals surface area contributed by atoms with Gasteiger partial charge >= 0.3 is 5.97 Å². The van der Waals surface area contributed by atoms with Gasteiger partial charge in [-0.15, -0.1) is 11.3 Å². The summed E-state index contributed by atoms with van der Waals surface area (Å²) >= 11 is 1.39. The van der Waals surface area contributed by atoms with Gasteiger partial charge in [-0.1, -0.05) is 25.0 Å². The lowest BCUT2D eigenvalue weighted by Gasteiger charge is -2.16. The highest BCUT2D eigenvalue weighted by Gasteiger charge is 2.26. The molecule has 2 aliphatic rings. The summed E-state index contributed by atoms with van der Waals surface area (Å²) in [5.41, 5.74) is 1.97. The van der Waals surface area contributed by atoms with E-state index in [1.807, 2.05) is 24.3 Å². The summed E-state index contributed by atoms with van der Waals surface area (Å²) in [5.74, 6) is 0.141. The van der Waals surface area contributed by atoms with Crippen molar-refractivity contribution in [3.8, 4) is 16.2 Å². The van der Waals surface area contributed by atoms with Crippen LogP contribution in [-0.2, 0) is 16.1 Å². The molecule has 0 saturated heterocycles. The highest BCUT2D eigenvalue weighted by Crippen LogP contribution is 2.42. The van der Waals surface area contributed by atoms with Crippen LogP contribution in [0, 0.1) is 0 Å². The lowest BCUT2D eigenvalue weighted by molar-refractivity contribution is -0.129. The number of fused-ring (bicyclic) bond motifs is 3. The first kappa shape index (κ1) is 17.1. The SMILES string of the molecule is C[C@H](OC(=O)c1cc2c(s1)-c1ccccc1OC2)C(=O)NC1CCCC1. The summed E-state index contributed by atoms with van der Waals surface area (Å²) in [4.78, 5) is 26.2. The molecule has 1 saturated carbocycles. The second-order valence-electron chi connectivity index (χ2n) is 6.79. The number of thiophene rings is 1. The zero-order valence-corrected chi connectivity index (χ0v) is 15.4. The molecule has 4 rings (SSSR count). The Bertz CT molecular complexity index is 838. The fourth-order valence-electron chi connectivity index (χ4n) is 3.46. The lowest BCUT2D eigenvalue weighted by atomic mass is 10.1. The lowest BCUT2D eigenvalue weighted by Crippen LogP contribution is -2.40. The van der Waals surface area contributed by atoms with Crippen molar-refractivity contribution in [3.05, 3.63) is 40.8 Å². The van der Waals surface area contributed by atoms with Crippen molar-refractivity contribution in [2.45, 2.75) is 51.4 Å². The molecule has 1 aromatic carbocycles. The van der Waals surface area contributed by atoms with Gasteiger partial charge in [-0.3, -0.25) is 4.79 Å². The number of ether oxygens (including phenoxy) is 2. The molecule has 5 nitrogen and oxygen atoms in total. The van der Waals surface area contributed by atoms with E-state index in [9.17, 15) is 9.59 Å².